The molecule has 0 unspecified atom stereocenters. The van der Waals surface area contributed by atoms with Crippen molar-refractivity contribution >= 4 is 10.9 Å². The van der Waals surface area contributed by atoms with Gasteiger partial charge in [-0.3, -0.25) is 5.10 Å². The fraction of sp³-hybridized carbons (Fsp3) is 0.105. The molecule has 2 heterocycles. The molecule has 0 fully saturated rings. The van der Waals surface area contributed by atoms with Crippen LogP contribution in [-0.2, 0) is 6.54 Å². The summed E-state index contributed by atoms with van der Waals surface area (Å²) < 4.78 is 29.8. The number of nitrogens with two attached hydrogens (primary N) is 1. The van der Waals surface area contributed by atoms with Crippen molar-refractivity contribution in [3.05, 3.63) is 71.4 Å². The molecule has 0 atom stereocenters. The Hall–Kier alpha value is -2.99. The molecule has 4 rings (SSSR count). The van der Waals surface area contributed by atoms with Crippen LogP contribution in [0.15, 0.2) is 48.5 Å². The van der Waals surface area contributed by atoms with E-state index in [0.717, 1.165) is 22.3 Å². The standard InChI is InChI=1S/C19H16F2N4/c1-11-6-17(24-23-11)19-8-13-7-14(20)3-5-18(13)25(19)15-4-2-12(10-22)16(21)9-15/h2-9H,10,22H2,1H3,(H,23,24). The molecule has 0 aliphatic carbocycles. The first-order valence-corrected chi connectivity index (χ1v) is 7.89. The molecule has 126 valence electrons. The third-order valence-corrected chi connectivity index (χ3v) is 4.25. The van der Waals surface area contributed by atoms with Gasteiger partial charge in [-0.2, -0.15) is 5.10 Å². The van der Waals surface area contributed by atoms with E-state index in [1.165, 1.54) is 18.2 Å². The Morgan fingerprint density at radius 3 is 2.60 bits per heavy atom. The first kappa shape index (κ1) is 15.5. The lowest BCUT2D eigenvalue weighted by Crippen LogP contribution is -2.03. The number of fused-ring (bicyclic) bond motifs is 1. The van der Waals surface area contributed by atoms with Gasteiger partial charge in [0.15, 0.2) is 0 Å². The van der Waals surface area contributed by atoms with Crippen molar-refractivity contribution in [3.8, 4) is 17.1 Å². The molecule has 2 aromatic heterocycles. The van der Waals surface area contributed by atoms with Gasteiger partial charge < -0.3 is 10.3 Å². The topological polar surface area (TPSA) is 59.6 Å². The van der Waals surface area contributed by atoms with E-state index >= 15 is 0 Å². The van der Waals surface area contributed by atoms with Gasteiger partial charge in [0.05, 0.1) is 11.2 Å². The lowest BCUT2D eigenvalue weighted by molar-refractivity contribution is 0.609. The maximum absolute atomic E-state index is 14.3. The largest absolute Gasteiger partial charge is 0.326 e. The number of halogens is 2. The first-order valence-electron chi connectivity index (χ1n) is 7.89. The van der Waals surface area contributed by atoms with Gasteiger partial charge in [0.2, 0.25) is 0 Å². The van der Waals surface area contributed by atoms with E-state index in [1.807, 2.05) is 23.6 Å². The molecule has 6 heteroatoms. The zero-order valence-electron chi connectivity index (χ0n) is 13.6. The van der Waals surface area contributed by atoms with Crippen molar-refractivity contribution in [2.45, 2.75) is 13.5 Å². The molecule has 0 spiro atoms. The summed E-state index contributed by atoms with van der Waals surface area (Å²) in [5.74, 6) is -0.688. The molecule has 0 aliphatic heterocycles. The Labute approximate surface area is 142 Å². The second-order valence-electron chi connectivity index (χ2n) is 5.98. The monoisotopic (exact) mass is 338 g/mol. The Kier molecular flexibility index (Phi) is 3.62. The van der Waals surface area contributed by atoms with Crippen LogP contribution < -0.4 is 5.73 Å². The van der Waals surface area contributed by atoms with Crippen molar-refractivity contribution in [2.75, 3.05) is 0 Å². The van der Waals surface area contributed by atoms with Gasteiger partial charge in [-0.05, 0) is 49.4 Å². The van der Waals surface area contributed by atoms with Crippen LogP contribution in [0.5, 0.6) is 0 Å². The summed E-state index contributed by atoms with van der Waals surface area (Å²) in [4.78, 5) is 0. The van der Waals surface area contributed by atoms with Crippen molar-refractivity contribution in [2.24, 2.45) is 5.73 Å². The van der Waals surface area contributed by atoms with E-state index in [1.54, 1.807) is 18.2 Å². The van der Waals surface area contributed by atoms with Gasteiger partial charge in [0, 0.05) is 28.9 Å². The summed E-state index contributed by atoms with van der Waals surface area (Å²) in [5, 5.41) is 7.92. The molecule has 4 nitrogen and oxygen atoms in total. The van der Waals surface area contributed by atoms with E-state index in [4.69, 9.17) is 5.73 Å². The Balaban J connectivity index is 2.02. The number of nitrogens with zero attached hydrogens (tertiary/aromatic N) is 2. The Bertz CT molecular complexity index is 1080. The summed E-state index contributed by atoms with van der Waals surface area (Å²) in [6.45, 7) is 2.04. The maximum Gasteiger partial charge on any atom is 0.129 e. The average Bonchev–Trinajstić information content (AvgIpc) is 3.17. The molecule has 2 aromatic carbocycles. The number of aryl methyl sites for hydroxylation is 1. The molecule has 0 amide bonds. The minimum atomic E-state index is -0.367. The number of aromatic amines is 1. The maximum atomic E-state index is 14.3. The number of nitrogens with one attached hydrogen (secondary N) is 1. The second-order valence-corrected chi connectivity index (χ2v) is 5.98. The average molecular weight is 338 g/mol. The minimum Gasteiger partial charge on any atom is -0.326 e. The van der Waals surface area contributed by atoms with Gasteiger partial charge in [0.1, 0.15) is 17.3 Å². The fourth-order valence-corrected chi connectivity index (χ4v) is 3.04. The molecule has 0 radical (unpaired) electrons. The lowest BCUT2D eigenvalue weighted by atomic mass is 10.2. The number of hydrogen-bond acceptors (Lipinski definition) is 2. The summed E-state index contributed by atoms with van der Waals surface area (Å²) in [6.07, 6.45) is 0. The molecule has 0 saturated heterocycles. The van der Waals surface area contributed by atoms with Gasteiger partial charge in [0.25, 0.3) is 0 Å². The van der Waals surface area contributed by atoms with Gasteiger partial charge in [-0.15, -0.1) is 0 Å². The molecular formula is C19H16F2N4. The van der Waals surface area contributed by atoms with Crippen LogP contribution in [0.3, 0.4) is 0 Å². The molecule has 3 N–H and O–H groups in total. The summed E-state index contributed by atoms with van der Waals surface area (Å²) in [7, 11) is 0. The number of H-pyrrole nitrogens is 1. The number of aromatic nitrogens is 3. The van der Waals surface area contributed by atoms with Crippen LogP contribution in [0.25, 0.3) is 28.0 Å². The Morgan fingerprint density at radius 2 is 1.92 bits per heavy atom. The SMILES string of the molecule is Cc1cc(-c2cc3cc(F)ccc3n2-c2ccc(CN)c(F)c2)n[nH]1. The van der Waals surface area contributed by atoms with Crippen molar-refractivity contribution in [1.29, 1.82) is 0 Å². The molecular weight excluding hydrogens is 322 g/mol. The zero-order valence-corrected chi connectivity index (χ0v) is 13.6. The van der Waals surface area contributed by atoms with Crippen LogP contribution in [0.4, 0.5) is 8.78 Å². The number of hydrogen-bond donors (Lipinski definition) is 2. The van der Waals surface area contributed by atoms with Crippen LogP contribution in [0.2, 0.25) is 0 Å². The normalized spacial score (nSPS) is 11.4. The van der Waals surface area contributed by atoms with Crippen LogP contribution in [-0.4, -0.2) is 14.8 Å². The van der Waals surface area contributed by atoms with Crippen LogP contribution in [0, 0.1) is 18.6 Å². The van der Waals surface area contributed by atoms with E-state index < -0.39 is 0 Å². The third-order valence-electron chi connectivity index (χ3n) is 4.25. The quantitative estimate of drug-likeness (QED) is 0.592. The highest BCUT2D eigenvalue weighted by atomic mass is 19.1. The van der Waals surface area contributed by atoms with Gasteiger partial charge in [-0.1, -0.05) is 6.07 Å². The first-order chi connectivity index (χ1) is 12.1. The Morgan fingerprint density at radius 1 is 1.08 bits per heavy atom. The van der Waals surface area contributed by atoms with Gasteiger partial charge in [-0.25, -0.2) is 8.78 Å². The molecule has 0 bridgehead atoms. The van der Waals surface area contributed by atoms with Crippen LogP contribution >= 0.6 is 0 Å². The predicted octanol–water partition coefficient (Wildman–Crippen LogP) is 4.07. The highest BCUT2D eigenvalue weighted by Gasteiger charge is 2.16. The summed E-state index contributed by atoms with van der Waals surface area (Å²) >= 11 is 0. The fourth-order valence-electron chi connectivity index (χ4n) is 3.04. The summed E-state index contributed by atoms with van der Waals surface area (Å²) in [6, 6.07) is 13.2. The van der Waals surface area contributed by atoms with E-state index in [-0.39, 0.29) is 18.2 Å². The highest BCUT2D eigenvalue weighted by Crippen LogP contribution is 2.32. The zero-order chi connectivity index (χ0) is 17.6. The molecule has 25 heavy (non-hydrogen) atoms. The number of rotatable bonds is 3. The van der Waals surface area contributed by atoms with E-state index in [0.29, 0.717) is 16.9 Å². The lowest BCUT2D eigenvalue weighted by Gasteiger charge is -2.11. The molecule has 4 aromatic rings. The smallest absolute Gasteiger partial charge is 0.129 e. The van der Waals surface area contributed by atoms with E-state index in [2.05, 4.69) is 10.2 Å². The second kappa shape index (κ2) is 5.82. The van der Waals surface area contributed by atoms with Crippen molar-refractivity contribution in [3.63, 3.8) is 0 Å². The predicted molar refractivity (Wildman–Crippen MR) is 93.4 cm³/mol. The minimum absolute atomic E-state index is 0.134. The van der Waals surface area contributed by atoms with Crippen LogP contribution in [0.1, 0.15) is 11.3 Å². The van der Waals surface area contributed by atoms with Crippen molar-refractivity contribution < 1.29 is 8.78 Å². The number of benzene rings is 2. The van der Waals surface area contributed by atoms with Gasteiger partial charge >= 0.3 is 0 Å². The molecule has 0 saturated carbocycles. The van der Waals surface area contributed by atoms with Crippen molar-refractivity contribution in [1.82, 2.24) is 14.8 Å². The third kappa shape index (κ3) is 2.60. The molecule has 0 aliphatic rings. The summed E-state index contributed by atoms with van der Waals surface area (Å²) in [5.41, 5.74) is 9.77. The van der Waals surface area contributed by atoms with E-state index in [9.17, 15) is 8.78 Å². The highest BCUT2D eigenvalue weighted by molar-refractivity contribution is 5.88.